The summed E-state index contributed by atoms with van der Waals surface area (Å²) >= 11 is 6.07. The number of piperidine rings is 1. The van der Waals surface area contributed by atoms with E-state index in [9.17, 15) is 14.9 Å². The second-order valence-electron chi connectivity index (χ2n) is 8.59. The van der Waals surface area contributed by atoms with Crippen molar-refractivity contribution in [3.8, 4) is 11.8 Å². The van der Waals surface area contributed by atoms with Crippen LogP contribution in [-0.4, -0.2) is 78.9 Å². The summed E-state index contributed by atoms with van der Waals surface area (Å²) in [5, 5.41) is 9.90. The number of nitrogens with zero attached hydrogens (tertiary/aromatic N) is 4. The van der Waals surface area contributed by atoms with E-state index in [1.54, 1.807) is 23.1 Å². The zero-order valence-electron chi connectivity index (χ0n) is 18.5. The topological polar surface area (TPSA) is 76.9 Å². The number of methoxy groups -OCH3 is 1. The number of carbonyl (C=O) groups is 2. The van der Waals surface area contributed by atoms with E-state index in [1.165, 1.54) is 7.11 Å². The van der Waals surface area contributed by atoms with Crippen LogP contribution in [0.4, 0.5) is 0 Å². The minimum atomic E-state index is -0.116. The lowest BCUT2D eigenvalue weighted by atomic mass is 9.94. The highest BCUT2D eigenvalue weighted by Gasteiger charge is 2.34. The van der Waals surface area contributed by atoms with Gasteiger partial charge in [0.2, 0.25) is 5.91 Å². The SMILES string of the molecule is COc1ccc(Cl)cc1C(=O)N1CCC(C(=O)N2CCN(C(C#N)C(C)C)CC2)CC1. The van der Waals surface area contributed by atoms with Gasteiger partial charge < -0.3 is 14.5 Å². The molecule has 7 nitrogen and oxygen atoms in total. The summed E-state index contributed by atoms with van der Waals surface area (Å²) in [4.78, 5) is 31.9. The van der Waals surface area contributed by atoms with Gasteiger partial charge in [0, 0.05) is 50.2 Å². The average Bonchev–Trinajstić information content (AvgIpc) is 2.79. The maximum atomic E-state index is 13.0. The molecule has 2 fully saturated rings. The molecule has 2 amide bonds. The predicted octanol–water partition coefficient (Wildman–Crippen LogP) is 2.89. The Morgan fingerprint density at radius 2 is 1.74 bits per heavy atom. The molecule has 1 aromatic carbocycles. The lowest BCUT2D eigenvalue weighted by Crippen LogP contribution is -2.54. The van der Waals surface area contributed by atoms with Crippen molar-refractivity contribution in [1.82, 2.24) is 14.7 Å². The molecule has 2 saturated heterocycles. The Bertz CT molecular complexity index is 838. The molecule has 0 radical (unpaired) electrons. The van der Waals surface area contributed by atoms with E-state index < -0.39 is 0 Å². The van der Waals surface area contributed by atoms with Crippen LogP contribution < -0.4 is 4.74 Å². The summed E-state index contributed by atoms with van der Waals surface area (Å²) in [5.74, 6) is 0.767. The molecule has 8 heteroatoms. The van der Waals surface area contributed by atoms with Gasteiger partial charge in [0.15, 0.2) is 0 Å². The normalized spacial score (nSPS) is 19.2. The minimum absolute atomic E-state index is 0.0614. The van der Waals surface area contributed by atoms with Gasteiger partial charge in [-0.1, -0.05) is 25.4 Å². The van der Waals surface area contributed by atoms with Gasteiger partial charge in [-0.25, -0.2) is 0 Å². The van der Waals surface area contributed by atoms with Crippen LogP contribution in [0.2, 0.25) is 5.02 Å². The number of ether oxygens (including phenoxy) is 1. The first-order valence-corrected chi connectivity index (χ1v) is 11.3. The molecule has 168 valence electrons. The van der Waals surface area contributed by atoms with E-state index in [4.69, 9.17) is 16.3 Å². The molecular weight excluding hydrogens is 416 g/mol. The van der Waals surface area contributed by atoms with Crippen LogP contribution in [-0.2, 0) is 4.79 Å². The number of likely N-dealkylation sites (tertiary alicyclic amines) is 1. The smallest absolute Gasteiger partial charge is 0.257 e. The molecule has 31 heavy (non-hydrogen) atoms. The maximum Gasteiger partial charge on any atom is 0.257 e. The standard InChI is InChI=1S/C23H31ClN4O3/c1-16(2)20(15-25)26-10-12-28(13-11-26)22(29)17-6-8-27(9-7-17)23(30)19-14-18(24)4-5-21(19)31-3/h4-5,14,16-17,20H,6-13H2,1-3H3. The van der Waals surface area contributed by atoms with Gasteiger partial charge in [0.25, 0.3) is 5.91 Å². The van der Waals surface area contributed by atoms with Gasteiger partial charge in [0.05, 0.1) is 18.7 Å². The highest BCUT2D eigenvalue weighted by molar-refractivity contribution is 6.31. The number of carbonyl (C=O) groups excluding carboxylic acids is 2. The number of amides is 2. The third-order valence-electron chi connectivity index (χ3n) is 6.31. The Balaban J connectivity index is 1.53. The van der Waals surface area contributed by atoms with Crippen molar-refractivity contribution >= 4 is 23.4 Å². The maximum absolute atomic E-state index is 13.0. The third-order valence-corrected chi connectivity index (χ3v) is 6.54. The van der Waals surface area contributed by atoms with Gasteiger partial charge in [-0.2, -0.15) is 5.26 Å². The Labute approximate surface area is 189 Å². The van der Waals surface area contributed by atoms with Crippen LogP contribution in [0.15, 0.2) is 18.2 Å². The summed E-state index contributed by atoms with van der Waals surface area (Å²) in [6.45, 7) is 7.95. The second-order valence-corrected chi connectivity index (χ2v) is 9.03. The molecule has 0 aromatic heterocycles. The largest absolute Gasteiger partial charge is 0.496 e. The molecular formula is C23H31ClN4O3. The third kappa shape index (κ3) is 5.31. The Morgan fingerprint density at radius 3 is 2.29 bits per heavy atom. The Hall–Kier alpha value is -2.30. The van der Waals surface area contributed by atoms with Crippen molar-refractivity contribution in [2.45, 2.75) is 32.7 Å². The van der Waals surface area contributed by atoms with Crippen LogP contribution >= 0.6 is 11.6 Å². The molecule has 2 aliphatic heterocycles. The number of nitriles is 1. The van der Waals surface area contributed by atoms with Crippen molar-refractivity contribution < 1.29 is 14.3 Å². The summed E-state index contributed by atoms with van der Waals surface area (Å²) < 4.78 is 5.31. The zero-order chi connectivity index (χ0) is 22.5. The van der Waals surface area contributed by atoms with E-state index in [1.807, 2.05) is 4.90 Å². The number of hydrogen-bond acceptors (Lipinski definition) is 5. The molecule has 1 aromatic rings. The monoisotopic (exact) mass is 446 g/mol. The van der Waals surface area contributed by atoms with Crippen molar-refractivity contribution in [1.29, 1.82) is 5.26 Å². The van der Waals surface area contributed by atoms with E-state index in [-0.39, 0.29) is 29.7 Å². The lowest BCUT2D eigenvalue weighted by molar-refractivity contribution is -0.139. The van der Waals surface area contributed by atoms with Crippen molar-refractivity contribution in [3.05, 3.63) is 28.8 Å². The van der Waals surface area contributed by atoms with Gasteiger partial charge in [0.1, 0.15) is 11.8 Å². The average molecular weight is 447 g/mol. The second kappa shape index (κ2) is 10.3. The van der Waals surface area contributed by atoms with Crippen molar-refractivity contribution in [2.24, 2.45) is 11.8 Å². The van der Waals surface area contributed by atoms with E-state index >= 15 is 0 Å². The quantitative estimate of drug-likeness (QED) is 0.695. The Kier molecular flexibility index (Phi) is 7.79. The van der Waals surface area contributed by atoms with Crippen molar-refractivity contribution in [3.63, 3.8) is 0 Å². The highest BCUT2D eigenvalue weighted by Crippen LogP contribution is 2.27. The molecule has 1 atom stereocenters. The van der Waals surface area contributed by atoms with E-state index in [0.717, 1.165) is 13.1 Å². The summed E-state index contributed by atoms with van der Waals surface area (Å²) in [6.07, 6.45) is 1.31. The lowest BCUT2D eigenvalue weighted by Gasteiger charge is -2.40. The number of piperazine rings is 1. The number of halogens is 1. The van der Waals surface area contributed by atoms with Gasteiger partial charge in [-0.15, -0.1) is 0 Å². The van der Waals surface area contributed by atoms with Crippen molar-refractivity contribution in [2.75, 3.05) is 46.4 Å². The molecule has 2 heterocycles. The molecule has 1 unspecified atom stereocenters. The van der Waals surface area contributed by atoms with Crippen LogP contribution in [0.3, 0.4) is 0 Å². The summed E-state index contributed by atoms with van der Waals surface area (Å²) in [7, 11) is 1.53. The summed E-state index contributed by atoms with van der Waals surface area (Å²) in [6, 6.07) is 7.31. The fraction of sp³-hybridized carbons (Fsp3) is 0.609. The first-order valence-electron chi connectivity index (χ1n) is 10.9. The molecule has 0 bridgehead atoms. The van der Waals surface area contributed by atoms with E-state index in [0.29, 0.717) is 55.4 Å². The molecule has 2 aliphatic rings. The number of benzene rings is 1. The molecule has 0 saturated carbocycles. The fourth-order valence-corrected chi connectivity index (χ4v) is 4.65. The number of hydrogen-bond donors (Lipinski definition) is 0. The molecule has 3 rings (SSSR count). The fourth-order valence-electron chi connectivity index (χ4n) is 4.48. The van der Waals surface area contributed by atoms with Crippen LogP contribution in [0.1, 0.15) is 37.0 Å². The molecule has 0 aliphatic carbocycles. The molecule has 0 N–H and O–H groups in total. The summed E-state index contributed by atoms with van der Waals surface area (Å²) in [5.41, 5.74) is 0.452. The number of rotatable bonds is 5. The first kappa shape index (κ1) is 23.4. The van der Waals surface area contributed by atoms with E-state index in [2.05, 4.69) is 24.8 Å². The first-order chi connectivity index (χ1) is 14.8. The van der Waals surface area contributed by atoms with Crippen LogP contribution in [0, 0.1) is 23.2 Å². The van der Waals surface area contributed by atoms with Gasteiger partial charge in [-0.05, 0) is 37.0 Å². The predicted molar refractivity (Wildman–Crippen MR) is 119 cm³/mol. The molecule has 0 spiro atoms. The van der Waals surface area contributed by atoms with Gasteiger partial charge in [-0.3, -0.25) is 14.5 Å². The highest BCUT2D eigenvalue weighted by atomic mass is 35.5. The van der Waals surface area contributed by atoms with Crippen LogP contribution in [0.5, 0.6) is 5.75 Å². The Morgan fingerprint density at radius 1 is 1.10 bits per heavy atom. The van der Waals surface area contributed by atoms with Crippen LogP contribution in [0.25, 0.3) is 0 Å². The minimum Gasteiger partial charge on any atom is -0.496 e. The zero-order valence-corrected chi connectivity index (χ0v) is 19.3. The van der Waals surface area contributed by atoms with Gasteiger partial charge >= 0.3 is 0 Å².